The van der Waals surface area contributed by atoms with E-state index in [9.17, 15) is 9.59 Å². The lowest BCUT2D eigenvalue weighted by atomic mass is 9.47. The molecule has 0 saturated heterocycles. The van der Waals surface area contributed by atoms with Crippen molar-refractivity contribution in [3.8, 4) is 0 Å². The van der Waals surface area contributed by atoms with Crippen LogP contribution in [0.25, 0.3) is 0 Å². The minimum atomic E-state index is -0.196. The zero-order valence-corrected chi connectivity index (χ0v) is 16.6. The first-order valence-corrected chi connectivity index (χ1v) is 10.0. The van der Waals surface area contributed by atoms with Crippen LogP contribution in [-0.4, -0.2) is 18.9 Å². The molecule has 0 unspecified atom stereocenters. The molecule has 0 amide bonds. The minimum Gasteiger partial charge on any atom is -0.466 e. The van der Waals surface area contributed by atoms with Crippen LogP contribution in [-0.2, 0) is 14.3 Å². The Balaban J connectivity index is 2.01. The first-order chi connectivity index (χ1) is 11.7. The second-order valence-corrected chi connectivity index (χ2v) is 9.10. The summed E-state index contributed by atoms with van der Waals surface area (Å²) < 4.78 is 5.08. The summed E-state index contributed by atoms with van der Waals surface area (Å²) >= 11 is 0. The van der Waals surface area contributed by atoms with Gasteiger partial charge in [0.15, 0.2) is 0 Å². The molecule has 0 aromatic carbocycles. The van der Waals surface area contributed by atoms with Gasteiger partial charge in [0.1, 0.15) is 6.29 Å². The van der Waals surface area contributed by atoms with E-state index in [1.807, 2.05) is 0 Å². The molecule has 2 saturated carbocycles. The van der Waals surface area contributed by atoms with Crippen molar-refractivity contribution < 1.29 is 14.3 Å². The number of carbonyl (C=O) groups excluding carboxylic acids is 2. The van der Waals surface area contributed by atoms with Gasteiger partial charge in [-0.3, -0.25) is 4.79 Å². The number of aldehydes is 1. The highest BCUT2D eigenvalue weighted by Crippen LogP contribution is 2.61. The summed E-state index contributed by atoms with van der Waals surface area (Å²) in [5, 5.41) is 0. The number of hydrogen-bond acceptors (Lipinski definition) is 3. The maximum Gasteiger partial charge on any atom is 0.302 e. The van der Waals surface area contributed by atoms with Gasteiger partial charge in [-0.1, -0.05) is 39.3 Å². The molecular weight excluding hydrogens is 312 g/mol. The van der Waals surface area contributed by atoms with Gasteiger partial charge in [-0.15, -0.1) is 0 Å². The van der Waals surface area contributed by atoms with Crippen LogP contribution in [0.15, 0.2) is 12.2 Å². The molecule has 142 valence electrons. The quantitative estimate of drug-likeness (QED) is 0.354. The van der Waals surface area contributed by atoms with E-state index < -0.39 is 0 Å². The first-order valence-electron chi connectivity index (χ1n) is 10.0. The molecule has 0 N–H and O–H groups in total. The van der Waals surface area contributed by atoms with Gasteiger partial charge in [0.05, 0.1) is 6.61 Å². The van der Waals surface area contributed by atoms with Crippen molar-refractivity contribution in [3.05, 3.63) is 12.2 Å². The van der Waals surface area contributed by atoms with E-state index in [1.165, 1.54) is 25.2 Å². The van der Waals surface area contributed by atoms with E-state index in [4.69, 9.17) is 4.74 Å². The molecule has 0 bridgehead atoms. The van der Waals surface area contributed by atoms with E-state index in [1.54, 1.807) is 0 Å². The third-order valence-electron chi connectivity index (χ3n) is 7.20. The van der Waals surface area contributed by atoms with Crippen LogP contribution in [0, 0.1) is 28.6 Å². The Morgan fingerprint density at radius 1 is 1.36 bits per heavy atom. The Labute approximate surface area is 153 Å². The molecule has 3 heteroatoms. The number of rotatable bonds is 7. The summed E-state index contributed by atoms with van der Waals surface area (Å²) in [4.78, 5) is 22.7. The average Bonchev–Trinajstić information content (AvgIpc) is 2.53. The Morgan fingerprint density at radius 2 is 2.08 bits per heavy atom. The molecule has 5 atom stereocenters. The standard InChI is InChI=1S/C22H36O3/c1-16(11-14-25-18(3)24)7-9-19-17(2)8-10-20-21(4,15-23)12-6-13-22(19,20)5/h15-16,19-20H,2,6-14H2,1,3-5H3/t16-,19+,20-,21+,22+/m0/s1. The highest BCUT2D eigenvalue weighted by atomic mass is 16.5. The highest BCUT2D eigenvalue weighted by molar-refractivity contribution is 5.65. The molecule has 2 aliphatic rings. The maximum atomic E-state index is 11.8. The van der Waals surface area contributed by atoms with E-state index in [-0.39, 0.29) is 16.8 Å². The zero-order chi connectivity index (χ0) is 18.7. The lowest BCUT2D eigenvalue weighted by molar-refractivity contribution is -0.141. The van der Waals surface area contributed by atoms with Gasteiger partial charge in [0, 0.05) is 12.3 Å². The third-order valence-corrected chi connectivity index (χ3v) is 7.20. The summed E-state index contributed by atoms with van der Waals surface area (Å²) in [6, 6.07) is 0. The average molecular weight is 349 g/mol. The molecule has 2 aliphatic carbocycles. The highest BCUT2D eigenvalue weighted by Gasteiger charge is 2.54. The van der Waals surface area contributed by atoms with Gasteiger partial charge in [-0.05, 0) is 68.1 Å². The molecule has 0 spiro atoms. The van der Waals surface area contributed by atoms with Crippen molar-refractivity contribution in [1.29, 1.82) is 0 Å². The van der Waals surface area contributed by atoms with E-state index in [0.29, 0.717) is 24.4 Å². The number of carbonyl (C=O) groups is 2. The molecular formula is C22H36O3. The van der Waals surface area contributed by atoms with Crippen molar-refractivity contribution in [1.82, 2.24) is 0 Å². The van der Waals surface area contributed by atoms with Crippen molar-refractivity contribution >= 4 is 12.3 Å². The van der Waals surface area contributed by atoms with Crippen LogP contribution in [0.2, 0.25) is 0 Å². The predicted molar refractivity (Wildman–Crippen MR) is 101 cm³/mol. The van der Waals surface area contributed by atoms with Gasteiger partial charge < -0.3 is 9.53 Å². The molecule has 2 rings (SSSR count). The third kappa shape index (κ3) is 4.35. The summed E-state index contributed by atoms with van der Waals surface area (Å²) in [6.45, 7) is 13.2. The Hall–Kier alpha value is -1.12. The molecule has 0 aromatic heterocycles. The zero-order valence-electron chi connectivity index (χ0n) is 16.6. The fourth-order valence-electron chi connectivity index (χ4n) is 5.67. The van der Waals surface area contributed by atoms with E-state index >= 15 is 0 Å². The lowest BCUT2D eigenvalue weighted by Gasteiger charge is -2.57. The molecule has 0 heterocycles. The van der Waals surface area contributed by atoms with Crippen LogP contribution in [0.4, 0.5) is 0 Å². The van der Waals surface area contributed by atoms with Gasteiger partial charge in [-0.2, -0.15) is 0 Å². The largest absolute Gasteiger partial charge is 0.466 e. The van der Waals surface area contributed by atoms with Crippen LogP contribution in [0.5, 0.6) is 0 Å². The second kappa shape index (κ2) is 8.05. The normalized spacial score (nSPS) is 36.4. The molecule has 3 nitrogen and oxygen atoms in total. The maximum absolute atomic E-state index is 11.8. The SMILES string of the molecule is C=C1CC[C@@H]2[C@](C)(CCC[C@]2(C)C=O)[C@@H]1CC[C@H](C)CCOC(C)=O. The topological polar surface area (TPSA) is 43.4 Å². The van der Waals surface area contributed by atoms with Crippen molar-refractivity contribution in [3.63, 3.8) is 0 Å². The van der Waals surface area contributed by atoms with Gasteiger partial charge in [0.25, 0.3) is 0 Å². The van der Waals surface area contributed by atoms with Crippen LogP contribution in [0.3, 0.4) is 0 Å². The molecule has 0 aliphatic heterocycles. The Kier molecular flexibility index (Phi) is 6.51. The molecule has 0 radical (unpaired) electrons. The smallest absolute Gasteiger partial charge is 0.302 e. The lowest BCUT2D eigenvalue weighted by Crippen LogP contribution is -2.51. The summed E-state index contributed by atoms with van der Waals surface area (Å²) in [5.41, 5.74) is 1.44. The molecule has 0 aromatic rings. The van der Waals surface area contributed by atoms with Crippen LogP contribution < -0.4 is 0 Å². The van der Waals surface area contributed by atoms with Gasteiger partial charge in [-0.25, -0.2) is 0 Å². The number of allylic oxidation sites excluding steroid dienone is 1. The number of fused-ring (bicyclic) bond motifs is 1. The van der Waals surface area contributed by atoms with Crippen molar-refractivity contribution in [2.75, 3.05) is 6.61 Å². The van der Waals surface area contributed by atoms with E-state index in [0.717, 1.165) is 44.9 Å². The Bertz CT molecular complexity index is 511. The van der Waals surface area contributed by atoms with Crippen LogP contribution >= 0.6 is 0 Å². The minimum absolute atomic E-state index is 0.160. The second-order valence-electron chi connectivity index (χ2n) is 9.10. The Morgan fingerprint density at radius 3 is 2.72 bits per heavy atom. The summed E-state index contributed by atoms with van der Waals surface area (Å²) in [7, 11) is 0. The summed E-state index contributed by atoms with van der Waals surface area (Å²) in [5.74, 6) is 1.34. The van der Waals surface area contributed by atoms with E-state index in [2.05, 4.69) is 27.4 Å². The van der Waals surface area contributed by atoms with Gasteiger partial charge in [0.2, 0.25) is 0 Å². The predicted octanol–water partition coefficient (Wildman–Crippen LogP) is 5.33. The number of ether oxygens (including phenoxy) is 1. The summed E-state index contributed by atoms with van der Waals surface area (Å²) in [6.07, 6.45) is 10.0. The number of esters is 1. The first kappa shape index (κ1) is 20.2. The fourth-order valence-corrected chi connectivity index (χ4v) is 5.67. The number of hydrogen-bond donors (Lipinski definition) is 0. The van der Waals surface area contributed by atoms with Crippen molar-refractivity contribution in [2.45, 2.75) is 79.1 Å². The fraction of sp³-hybridized carbons (Fsp3) is 0.818. The molecule has 25 heavy (non-hydrogen) atoms. The van der Waals surface area contributed by atoms with Gasteiger partial charge >= 0.3 is 5.97 Å². The molecule has 2 fully saturated rings. The van der Waals surface area contributed by atoms with Crippen LogP contribution in [0.1, 0.15) is 79.1 Å². The van der Waals surface area contributed by atoms with Crippen molar-refractivity contribution in [2.24, 2.45) is 28.6 Å². The monoisotopic (exact) mass is 348 g/mol.